The van der Waals surface area contributed by atoms with E-state index in [1.807, 2.05) is 18.2 Å². The fourth-order valence-corrected chi connectivity index (χ4v) is 6.73. The lowest BCUT2D eigenvalue weighted by Gasteiger charge is -2.32. The summed E-state index contributed by atoms with van der Waals surface area (Å²) in [6.07, 6.45) is 3.80. The maximum Gasteiger partial charge on any atom is 0.323 e. The van der Waals surface area contributed by atoms with Crippen molar-refractivity contribution in [2.75, 3.05) is 13.1 Å². The van der Waals surface area contributed by atoms with Crippen LogP contribution in [0.1, 0.15) is 42.6 Å². The van der Waals surface area contributed by atoms with Gasteiger partial charge in [-0.2, -0.15) is 4.37 Å². The van der Waals surface area contributed by atoms with Gasteiger partial charge in [-0.15, -0.1) is 0 Å². The second kappa shape index (κ2) is 13.5. The van der Waals surface area contributed by atoms with Gasteiger partial charge in [0.05, 0.1) is 16.1 Å². The normalized spacial score (nSPS) is 21.9. The minimum atomic E-state index is -0.734. The van der Waals surface area contributed by atoms with Gasteiger partial charge in [-0.25, -0.2) is 0 Å². The average molecular weight is 618 g/mol. The van der Waals surface area contributed by atoms with Crippen molar-refractivity contribution in [1.29, 1.82) is 0 Å². The van der Waals surface area contributed by atoms with Crippen LogP contribution >= 0.6 is 34.7 Å². The lowest BCUT2D eigenvalue weighted by Crippen LogP contribution is -2.53. The van der Waals surface area contributed by atoms with E-state index in [1.165, 1.54) is 5.56 Å². The number of aromatic nitrogens is 2. The smallest absolute Gasteiger partial charge is 0.323 e. The third-order valence-electron chi connectivity index (χ3n) is 7.99. The summed E-state index contributed by atoms with van der Waals surface area (Å²) in [7, 11) is 0. The highest BCUT2D eigenvalue weighted by Gasteiger charge is 2.45. The highest BCUT2D eigenvalue weighted by Crippen LogP contribution is 2.30. The molecule has 0 saturated carbocycles. The van der Waals surface area contributed by atoms with Crippen molar-refractivity contribution < 1.29 is 9.59 Å². The predicted molar refractivity (Wildman–Crippen MR) is 161 cm³/mol. The Labute approximate surface area is 253 Å². The third-order valence-corrected chi connectivity index (χ3v) is 9.31. The van der Waals surface area contributed by atoms with E-state index in [2.05, 4.69) is 31.7 Å². The first-order valence-corrected chi connectivity index (χ1v) is 15.4. The van der Waals surface area contributed by atoms with Crippen LogP contribution in [-0.2, 0) is 29.0 Å². The van der Waals surface area contributed by atoms with E-state index in [-0.39, 0.29) is 41.4 Å². The molecular weight excluding hydrogens is 583 g/mol. The monoisotopic (exact) mass is 616 g/mol. The van der Waals surface area contributed by atoms with Crippen molar-refractivity contribution in [1.82, 2.24) is 24.5 Å². The summed E-state index contributed by atoms with van der Waals surface area (Å²) < 4.78 is 4.16. The number of rotatable bonds is 10. The van der Waals surface area contributed by atoms with E-state index in [0.717, 1.165) is 36.4 Å². The number of halogens is 2. The van der Waals surface area contributed by atoms with Crippen molar-refractivity contribution in [2.24, 2.45) is 5.73 Å². The lowest BCUT2D eigenvalue weighted by molar-refractivity contribution is -0.143. The Balaban J connectivity index is 1.35. The van der Waals surface area contributed by atoms with Gasteiger partial charge in [0.1, 0.15) is 11.9 Å². The molecule has 3 heterocycles. The van der Waals surface area contributed by atoms with Crippen LogP contribution in [0.3, 0.4) is 0 Å². The molecule has 4 atom stereocenters. The molecule has 2 saturated heterocycles. The van der Waals surface area contributed by atoms with Gasteiger partial charge in [-0.1, -0.05) is 59.6 Å². The van der Waals surface area contributed by atoms with E-state index in [0.29, 0.717) is 48.2 Å². The molecule has 4 N–H and O–H groups in total. The first-order chi connectivity index (χ1) is 19.8. The number of aromatic amines is 1. The number of hydrogen-bond acceptors (Lipinski definition) is 7. The van der Waals surface area contributed by atoms with Crippen molar-refractivity contribution in [2.45, 2.75) is 69.2 Å². The number of aryl methyl sites for hydroxylation is 2. The zero-order valence-corrected chi connectivity index (χ0v) is 24.9. The van der Waals surface area contributed by atoms with E-state index in [9.17, 15) is 14.4 Å². The Morgan fingerprint density at radius 1 is 1.12 bits per heavy atom. The number of carbonyl (C=O) groups is 2. The number of hydrogen-bond donors (Lipinski definition) is 3. The SMILES string of the molecule is N[C@@H]1C[C@H]2C(=O)N([C@H](CCc3nsc(=O)[nH]3)C(=O)NCc3ccc(Cl)c(Cl)c3)CCC(CCc3ccccc3)N2C1. The molecule has 0 spiro atoms. The number of nitrogens with one attached hydrogen (secondary N) is 2. The Hall–Kier alpha value is -2.76. The summed E-state index contributed by atoms with van der Waals surface area (Å²) in [5.41, 5.74) is 8.44. The number of amides is 2. The van der Waals surface area contributed by atoms with Crippen LogP contribution in [0.5, 0.6) is 0 Å². The van der Waals surface area contributed by atoms with Gasteiger partial charge in [0.2, 0.25) is 11.8 Å². The first kappa shape index (κ1) is 29.7. The number of benzene rings is 2. The molecule has 218 valence electrons. The quantitative estimate of drug-likeness (QED) is 0.321. The van der Waals surface area contributed by atoms with Gasteiger partial charge < -0.3 is 16.0 Å². The van der Waals surface area contributed by atoms with Gasteiger partial charge >= 0.3 is 4.87 Å². The maximum absolute atomic E-state index is 14.1. The second-order valence-electron chi connectivity index (χ2n) is 10.8. The van der Waals surface area contributed by atoms with E-state index in [4.69, 9.17) is 28.9 Å². The average Bonchev–Trinajstić information content (AvgIpc) is 3.54. The minimum absolute atomic E-state index is 0.0679. The summed E-state index contributed by atoms with van der Waals surface area (Å²) in [6.45, 7) is 1.36. The molecule has 2 aromatic carbocycles. The highest BCUT2D eigenvalue weighted by molar-refractivity contribution is 7.02. The fourth-order valence-electron chi connectivity index (χ4n) is 5.92. The molecule has 1 aromatic heterocycles. The molecule has 0 radical (unpaired) electrons. The van der Waals surface area contributed by atoms with Crippen LogP contribution in [0.15, 0.2) is 53.3 Å². The Morgan fingerprint density at radius 2 is 1.93 bits per heavy atom. The molecule has 12 heteroatoms. The molecule has 9 nitrogen and oxygen atoms in total. The van der Waals surface area contributed by atoms with Crippen LogP contribution in [0.4, 0.5) is 0 Å². The Morgan fingerprint density at radius 3 is 2.66 bits per heavy atom. The summed E-state index contributed by atoms with van der Waals surface area (Å²) in [4.78, 5) is 45.9. The van der Waals surface area contributed by atoms with Crippen molar-refractivity contribution in [3.8, 4) is 0 Å². The van der Waals surface area contributed by atoms with Crippen LogP contribution in [0, 0.1) is 0 Å². The third kappa shape index (κ3) is 7.37. The molecule has 2 amide bonds. The number of H-pyrrole nitrogens is 1. The molecule has 1 unspecified atom stereocenters. The molecule has 3 aromatic rings. The van der Waals surface area contributed by atoms with E-state index in [1.54, 1.807) is 23.1 Å². The molecule has 2 aliphatic rings. The van der Waals surface area contributed by atoms with E-state index < -0.39 is 6.04 Å². The standard InChI is InChI=1S/C29H34Cl2N6O3S/c30-22-9-7-19(14-23(22)31)16-33-27(38)24(10-11-26-34-29(40)41-35-26)36-13-12-21(8-6-18-4-2-1-3-5-18)37-17-20(32)15-25(37)28(36)39/h1-5,7,9,14,20-21,24-25H,6,8,10-13,15-17,32H2,(H,33,38)(H,34,35,40)/t20-,21?,24-,25+/m1/s1. The Bertz CT molecular complexity index is 1420. The topological polar surface area (TPSA) is 124 Å². The fraction of sp³-hybridized carbons (Fsp3) is 0.448. The van der Waals surface area contributed by atoms with Crippen LogP contribution in [-0.4, -0.2) is 68.2 Å². The van der Waals surface area contributed by atoms with E-state index >= 15 is 0 Å². The van der Waals surface area contributed by atoms with Crippen molar-refractivity contribution >= 4 is 46.5 Å². The summed E-state index contributed by atoms with van der Waals surface area (Å²) >= 11 is 13.1. The molecule has 0 aliphatic carbocycles. The molecule has 2 fully saturated rings. The van der Waals surface area contributed by atoms with Crippen molar-refractivity contribution in [3.05, 3.63) is 85.2 Å². The lowest BCUT2D eigenvalue weighted by atomic mass is 10.0. The molecular formula is C29H34Cl2N6O3S. The Kier molecular flexibility index (Phi) is 9.77. The van der Waals surface area contributed by atoms with Gasteiger partial charge in [0.25, 0.3) is 0 Å². The predicted octanol–water partition coefficient (Wildman–Crippen LogP) is 3.39. The van der Waals surface area contributed by atoms with Crippen LogP contribution in [0.2, 0.25) is 10.0 Å². The summed E-state index contributed by atoms with van der Waals surface area (Å²) in [6, 6.07) is 14.5. The number of nitrogens with zero attached hydrogens (tertiary/aromatic N) is 3. The highest BCUT2D eigenvalue weighted by atomic mass is 35.5. The van der Waals surface area contributed by atoms with Gasteiger partial charge in [0, 0.05) is 49.7 Å². The number of nitrogens with two attached hydrogens (primary N) is 1. The molecule has 2 aliphatic heterocycles. The summed E-state index contributed by atoms with van der Waals surface area (Å²) in [5, 5.41) is 3.83. The zero-order chi connectivity index (χ0) is 28.9. The zero-order valence-electron chi connectivity index (χ0n) is 22.6. The molecule has 0 bridgehead atoms. The second-order valence-corrected chi connectivity index (χ2v) is 12.3. The van der Waals surface area contributed by atoms with Gasteiger partial charge in [0.15, 0.2) is 0 Å². The maximum atomic E-state index is 14.1. The van der Waals surface area contributed by atoms with Crippen LogP contribution in [0.25, 0.3) is 0 Å². The first-order valence-electron chi connectivity index (χ1n) is 13.9. The number of fused-ring (bicyclic) bond motifs is 1. The summed E-state index contributed by atoms with van der Waals surface area (Å²) in [5.74, 6) is 0.176. The largest absolute Gasteiger partial charge is 0.350 e. The van der Waals surface area contributed by atoms with Crippen LogP contribution < -0.4 is 15.9 Å². The van der Waals surface area contributed by atoms with Gasteiger partial charge in [-0.3, -0.25) is 24.3 Å². The van der Waals surface area contributed by atoms with Crippen molar-refractivity contribution in [3.63, 3.8) is 0 Å². The number of carbonyl (C=O) groups excluding carboxylic acids is 2. The van der Waals surface area contributed by atoms with Gasteiger partial charge in [-0.05, 0) is 55.4 Å². The molecule has 41 heavy (non-hydrogen) atoms. The molecule has 5 rings (SSSR count). The minimum Gasteiger partial charge on any atom is -0.350 e.